The Labute approximate surface area is 256 Å². The van der Waals surface area contributed by atoms with Crippen LogP contribution in [0.1, 0.15) is 90.2 Å². The quantitative estimate of drug-likeness (QED) is 0.246. The van der Waals surface area contributed by atoms with Crippen LogP contribution in [0.3, 0.4) is 0 Å². The van der Waals surface area contributed by atoms with E-state index in [0.29, 0.717) is 36.1 Å². The molecule has 0 radical (unpaired) electrons. The first kappa shape index (κ1) is 33.2. The lowest BCUT2D eigenvalue weighted by Gasteiger charge is -2.46. The van der Waals surface area contributed by atoms with Gasteiger partial charge in [-0.05, 0) is 98.7 Å². The molecule has 0 saturated carbocycles. The molecule has 43 heavy (non-hydrogen) atoms. The van der Waals surface area contributed by atoms with E-state index in [1.165, 1.54) is 23.4 Å². The summed E-state index contributed by atoms with van der Waals surface area (Å²) < 4.78 is 41.4. The fourth-order valence-electron chi connectivity index (χ4n) is 7.22. The summed E-state index contributed by atoms with van der Waals surface area (Å²) in [6, 6.07) is 15.8. The highest BCUT2D eigenvalue weighted by Gasteiger charge is 2.38. The molecule has 2 aromatic carbocycles. The predicted molar refractivity (Wildman–Crippen MR) is 167 cm³/mol. The predicted octanol–water partition coefficient (Wildman–Crippen LogP) is 8.24. The van der Waals surface area contributed by atoms with Gasteiger partial charge in [-0.25, -0.2) is 0 Å². The number of carbonyl (C=O) groups is 1. The standard InChI is InChI=1S/C35H50F3N3O2/c1-6-20-39(24-30-12-17-34(42)41(26(30)5)33(7-2)25(3)4)23-27-8-13-31(14-9-27)40-21-18-29(19-22-40)28-10-15-32(16-11-28)43-35(36,37)38/h8-11,13-16,25-26,29-30,33H,6-7,12,17-24H2,1-5H3/t26-,30+,33?/m0/s1. The van der Waals surface area contributed by atoms with Crippen LogP contribution >= 0.6 is 0 Å². The van der Waals surface area contributed by atoms with Crippen molar-refractivity contribution >= 4 is 11.6 Å². The van der Waals surface area contributed by atoms with Crippen LogP contribution in [0.15, 0.2) is 48.5 Å². The Bertz CT molecular complexity index is 1140. The van der Waals surface area contributed by atoms with Crippen molar-refractivity contribution in [1.29, 1.82) is 0 Å². The van der Waals surface area contributed by atoms with Crippen LogP contribution in [0.2, 0.25) is 0 Å². The minimum absolute atomic E-state index is 0.173. The average Bonchev–Trinajstić information content (AvgIpc) is 2.97. The van der Waals surface area contributed by atoms with Crippen LogP contribution in [-0.4, -0.2) is 60.3 Å². The zero-order chi connectivity index (χ0) is 31.1. The van der Waals surface area contributed by atoms with E-state index < -0.39 is 6.36 Å². The van der Waals surface area contributed by atoms with E-state index in [9.17, 15) is 18.0 Å². The van der Waals surface area contributed by atoms with Gasteiger partial charge in [0.05, 0.1) is 0 Å². The van der Waals surface area contributed by atoms with Crippen molar-refractivity contribution in [1.82, 2.24) is 9.80 Å². The van der Waals surface area contributed by atoms with Crippen molar-refractivity contribution in [2.45, 2.75) is 104 Å². The molecule has 0 aliphatic carbocycles. The zero-order valence-electron chi connectivity index (χ0n) is 26.6. The Hall–Kier alpha value is -2.74. The summed E-state index contributed by atoms with van der Waals surface area (Å²) in [5.41, 5.74) is 3.58. The molecule has 1 unspecified atom stereocenters. The number of piperidine rings is 2. The number of hydrogen-bond donors (Lipinski definition) is 0. The van der Waals surface area contributed by atoms with E-state index in [2.05, 4.69) is 78.3 Å². The zero-order valence-corrected chi connectivity index (χ0v) is 26.6. The third-order valence-electron chi connectivity index (χ3n) is 9.50. The van der Waals surface area contributed by atoms with Gasteiger partial charge in [0.1, 0.15) is 5.75 Å². The maximum atomic E-state index is 12.9. The van der Waals surface area contributed by atoms with Gasteiger partial charge in [-0.3, -0.25) is 9.69 Å². The molecular formula is C35H50F3N3O2. The second-order valence-electron chi connectivity index (χ2n) is 12.8. The van der Waals surface area contributed by atoms with E-state index >= 15 is 0 Å². The summed E-state index contributed by atoms with van der Waals surface area (Å²) in [5.74, 6) is 1.41. The summed E-state index contributed by atoms with van der Waals surface area (Å²) in [6.07, 6.45) is 0.961. The van der Waals surface area contributed by atoms with Crippen LogP contribution in [0.25, 0.3) is 0 Å². The van der Waals surface area contributed by atoms with Crippen LogP contribution in [0, 0.1) is 11.8 Å². The number of benzene rings is 2. The molecule has 2 aliphatic heterocycles. The fraction of sp³-hybridized carbons (Fsp3) is 0.629. The molecule has 0 N–H and O–H groups in total. The van der Waals surface area contributed by atoms with Gasteiger partial charge in [0.2, 0.25) is 5.91 Å². The van der Waals surface area contributed by atoms with Crippen molar-refractivity contribution < 1.29 is 22.7 Å². The summed E-state index contributed by atoms with van der Waals surface area (Å²) in [7, 11) is 0. The van der Waals surface area contributed by atoms with Gasteiger partial charge in [-0.2, -0.15) is 0 Å². The molecule has 3 atom stereocenters. The molecule has 2 saturated heterocycles. The molecule has 0 spiro atoms. The number of rotatable bonds is 12. The Morgan fingerprint density at radius 3 is 2.19 bits per heavy atom. The van der Waals surface area contributed by atoms with Gasteiger partial charge in [-0.15, -0.1) is 13.2 Å². The number of anilines is 1. The van der Waals surface area contributed by atoms with E-state index in [-0.39, 0.29) is 11.8 Å². The largest absolute Gasteiger partial charge is 0.573 e. The number of hydrogen-bond acceptors (Lipinski definition) is 4. The normalized spacial score (nSPS) is 21.1. The number of halogens is 3. The van der Waals surface area contributed by atoms with Crippen molar-refractivity contribution in [2.75, 3.05) is 31.1 Å². The monoisotopic (exact) mass is 601 g/mol. The maximum Gasteiger partial charge on any atom is 0.573 e. The highest BCUT2D eigenvalue weighted by Crippen LogP contribution is 2.33. The third-order valence-corrected chi connectivity index (χ3v) is 9.50. The Kier molecular flexibility index (Phi) is 11.4. The van der Waals surface area contributed by atoms with Crippen molar-refractivity contribution in [3.8, 4) is 5.75 Å². The lowest BCUT2D eigenvalue weighted by molar-refractivity contribution is -0.274. The number of amides is 1. The maximum absolute atomic E-state index is 12.9. The number of alkyl halides is 3. The third kappa shape index (κ3) is 8.90. The second kappa shape index (κ2) is 14.8. The molecule has 2 fully saturated rings. The molecular weight excluding hydrogens is 551 g/mol. The fourth-order valence-corrected chi connectivity index (χ4v) is 7.22. The topological polar surface area (TPSA) is 36.0 Å². The number of carbonyl (C=O) groups excluding carboxylic acids is 1. The lowest BCUT2D eigenvalue weighted by Crippen LogP contribution is -2.55. The first-order valence-corrected chi connectivity index (χ1v) is 16.2. The highest BCUT2D eigenvalue weighted by molar-refractivity contribution is 5.77. The van der Waals surface area contributed by atoms with Crippen molar-refractivity contribution in [3.05, 3.63) is 59.7 Å². The molecule has 0 bridgehead atoms. The van der Waals surface area contributed by atoms with Gasteiger partial charge < -0.3 is 14.5 Å². The summed E-state index contributed by atoms with van der Waals surface area (Å²) in [5, 5.41) is 0. The molecule has 2 aliphatic rings. The Morgan fingerprint density at radius 2 is 1.63 bits per heavy atom. The molecule has 2 heterocycles. The minimum atomic E-state index is -4.67. The van der Waals surface area contributed by atoms with Crippen LogP contribution in [-0.2, 0) is 11.3 Å². The Balaban J connectivity index is 1.31. The van der Waals surface area contributed by atoms with Crippen LogP contribution in [0.4, 0.5) is 18.9 Å². The van der Waals surface area contributed by atoms with Gasteiger partial charge >= 0.3 is 6.36 Å². The highest BCUT2D eigenvalue weighted by atomic mass is 19.4. The number of ether oxygens (including phenoxy) is 1. The SMILES string of the molecule is CCCN(Cc1ccc(N2CCC(c3ccc(OC(F)(F)F)cc3)CC2)cc1)C[C@H]1CCC(=O)N(C(CC)C(C)C)[C@H]1C. The molecule has 2 aromatic rings. The summed E-state index contributed by atoms with van der Waals surface area (Å²) >= 11 is 0. The summed E-state index contributed by atoms with van der Waals surface area (Å²) in [4.78, 5) is 20.1. The molecule has 0 aromatic heterocycles. The second-order valence-corrected chi connectivity index (χ2v) is 12.8. The van der Waals surface area contributed by atoms with Gasteiger partial charge in [0, 0.05) is 50.4 Å². The molecule has 1 amide bonds. The average molecular weight is 602 g/mol. The molecule has 238 valence electrons. The lowest BCUT2D eigenvalue weighted by atomic mass is 9.85. The van der Waals surface area contributed by atoms with Crippen molar-refractivity contribution in [3.63, 3.8) is 0 Å². The first-order chi connectivity index (χ1) is 20.5. The smallest absolute Gasteiger partial charge is 0.406 e. The molecule has 5 nitrogen and oxygen atoms in total. The Morgan fingerprint density at radius 1 is 0.977 bits per heavy atom. The van der Waals surface area contributed by atoms with E-state index in [0.717, 1.165) is 70.4 Å². The first-order valence-electron chi connectivity index (χ1n) is 16.2. The van der Waals surface area contributed by atoms with Gasteiger partial charge in [-0.1, -0.05) is 52.0 Å². The minimum Gasteiger partial charge on any atom is -0.406 e. The van der Waals surface area contributed by atoms with Crippen LogP contribution in [0.5, 0.6) is 5.75 Å². The van der Waals surface area contributed by atoms with Gasteiger partial charge in [0.25, 0.3) is 0 Å². The van der Waals surface area contributed by atoms with Crippen molar-refractivity contribution in [2.24, 2.45) is 11.8 Å². The van der Waals surface area contributed by atoms with E-state index in [1.807, 2.05) is 0 Å². The number of nitrogens with zero attached hydrogens (tertiary/aromatic N) is 3. The van der Waals surface area contributed by atoms with Crippen LogP contribution < -0.4 is 9.64 Å². The summed E-state index contributed by atoms with van der Waals surface area (Å²) in [6.45, 7) is 15.9. The van der Waals surface area contributed by atoms with Gasteiger partial charge in [0.15, 0.2) is 0 Å². The molecule has 8 heteroatoms. The molecule has 4 rings (SSSR count). The van der Waals surface area contributed by atoms with E-state index in [4.69, 9.17) is 0 Å². The number of likely N-dealkylation sites (tertiary alicyclic amines) is 1. The van der Waals surface area contributed by atoms with E-state index in [1.54, 1.807) is 12.1 Å².